The molecule has 4 bridgehead atoms. The quantitative estimate of drug-likeness (QED) is 0.113. The first-order chi connectivity index (χ1) is 28.0. The summed E-state index contributed by atoms with van der Waals surface area (Å²) in [7, 11) is 1.54. The second-order valence-corrected chi connectivity index (χ2v) is 17.0. The first-order valence-electron chi connectivity index (χ1n) is 20.6. The highest BCUT2D eigenvalue weighted by Gasteiger charge is 2.50. The van der Waals surface area contributed by atoms with Crippen molar-refractivity contribution in [2.45, 2.75) is 98.6 Å². The van der Waals surface area contributed by atoms with Crippen molar-refractivity contribution in [2.24, 2.45) is 23.7 Å². The van der Waals surface area contributed by atoms with Gasteiger partial charge in [-0.25, -0.2) is 4.98 Å². The van der Waals surface area contributed by atoms with Gasteiger partial charge in [0.15, 0.2) is 11.3 Å². The van der Waals surface area contributed by atoms with E-state index in [0.29, 0.717) is 11.3 Å². The number of carbonyl (C=O) groups excluding carboxylic acids is 2. The Labute approximate surface area is 343 Å². The Kier molecular flexibility index (Phi) is 11.6. The molecule has 5 aliphatic rings. The van der Waals surface area contributed by atoms with Crippen LogP contribution in [0.25, 0.3) is 33.3 Å². The number of hydrogen-bond donors (Lipinski definition) is 4. The molecule has 2 aromatic rings. The van der Waals surface area contributed by atoms with Crippen molar-refractivity contribution in [3.8, 4) is 28.7 Å². The molecule has 0 radical (unpaired) electrons. The maximum absolute atomic E-state index is 14.7. The van der Waals surface area contributed by atoms with Crippen LogP contribution in [-0.2, 0) is 14.3 Å². The number of rotatable bonds is 2. The lowest BCUT2D eigenvalue weighted by molar-refractivity contribution is -0.112. The van der Waals surface area contributed by atoms with Crippen molar-refractivity contribution in [3.63, 3.8) is 0 Å². The van der Waals surface area contributed by atoms with Gasteiger partial charge in [-0.3, -0.25) is 14.4 Å². The minimum atomic E-state index is -1.96. The van der Waals surface area contributed by atoms with Gasteiger partial charge in [-0.1, -0.05) is 45.9 Å². The summed E-state index contributed by atoms with van der Waals surface area (Å²) in [6.45, 7) is 14.3. The van der Waals surface area contributed by atoms with Gasteiger partial charge in [-0.05, 0) is 69.8 Å². The lowest BCUT2D eigenvalue weighted by Crippen LogP contribution is -2.38. The van der Waals surface area contributed by atoms with E-state index in [1.54, 1.807) is 31.2 Å². The van der Waals surface area contributed by atoms with E-state index in [-0.39, 0.29) is 85.3 Å². The maximum Gasteiger partial charge on any atom is 0.312 e. The molecule has 4 heterocycles. The molecule has 7 atom stereocenters. The van der Waals surface area contributed by atoms with Gasteiger partial charge in [0, 0.05) is 67.4 Å². The van der Waals surface area contributed by atoms with E-state index in [1.807, 2.05) is 26.0 Å². The molecule has 4 aliphatic heterocycles. The van der Waals surface area contributed by atoms with Gasteiger partial charge < -0.3 is 44.2 Å². The monoisotopic (exact) mass is 809 g/mol. The van der Waals surface area contributed by atoms with E-state index in [9.17, 15) is 29.7 Å². The lowest BCUT2D eigenvalue weighted by atomic mass is 9.82. The number of piperidine rings is 1. The first kappa shape index (κ1) is 41.7. The Morgan fingerprint density at radius 1 is 0.983 bits per heavy atom. The molecule has 0 unspecified atom stereocenters. The Morgan fingerprint density at radius 3 is 2.42 bits per heavy atom. The molecular weight excluding hydrogens is 755 g/mol. The van der Waals surface area contributed by atoms with Crippen LogP contribution in [0.15, 0.2) is 57.5 Å². The highest BCUT2D eigenvalue weighted by Crippen LogP contribution is 2.51. The zero-order chi connectivity index (χ0) is 42.5. The number of Topliss-reactive ketones (excluding diaryl/α,β-unsaturated/α-hetero) is 1. The molecule has 1 saturated heterocycles. The average Bonchev–Trinajstić information content (AvgIpc) is 3.47. The average molecular weight is 810 g/mol. The van der Waals surface area contributed by atoms with Gasteiger partial charge in [0.2, 0.25) is 5.43 Å². The van der Waals surface area contributed by atoms with Crippen molar-refractivity contribution in [1.29, 1.82) is 0 Å². The van der Waals surface area contributed by atoms with Gasteiger partial charge >= 0.3 is 5.79 Å². The van der Waals surface area contributed by atoms with E-state index < -0.39 is 40.9 Å². The van der Waals surface area contributed by atoms with E-state index in [1.165, 1.54) is 27.2 Å². The molecule has 7 rings (SSSR count). The number of anilines is 2. The van der Waals surface area contributed by atoms with E-state index >= 15 is 0 Å². The molecule has 0 spiro atoms. The van der Waals surface area contributed by atoms with Crippen LogP contribution in [0.4, 0.5) is 11.4 Å². The highest BCUT2D eigenvalue weighted by atomic mass is 16.7. The number of ether oxygens (including phenoxy) is 3. The summed E-state index contributed by atoms with van der Waals surface area (Å²) in [6.07, 6.45) is 11.8. The second kappa shape index (κ2) is 16.3. The van der Waals surface area contributed by atoms with Gasteiger partial charge in [0.05, 0.1) is 29.4 Å². The normalized spacial score (nSPS) is 29.3. The molecule has 1 amide bonds. The van der Waals surface area contributed by atoms with Gasteiger partial charge in [0.1, 0.15) is 34.1 Å². The molecule has 13 heteroatoms. The number of carbonyl (C=O) groups is 2. The van der Waals surface area contributed by atoms with Crippen molar-refractivity contribution in [3.05, 3.63) is 69.6 Å². The molecule has 4 N–H and O–H groups in total. The number of nitrogens with one attached hydrogen (secondary N) is 1. The topological polar surface area (TPSA) is 181 Å². The third-order valence-corrected chi connectivity index (χ3v) is 12.3. The highest BCUT2D eigenvalue weighted by molar-refractivity contribution is 6.22. The number of aromatic nitrogens is 1. The van der Waals surface area contributed by atoms with Crippen LogP contribution < -0.4 is 20.4 Å². The van der Waals surface area contributed by atoms with Crippen molar-refractivity contribution < 1.29 is 43.5 Å². The van der Waals surface area contributed by atoms with E-state index in [0.717, 1.165) is 45.2 Å². The van der Waals surface area contributed by atoms with Crippen LogP contribution in [0, 0.1) is 30.6 Å². The number of nitrogens with zero attached hydrogens (tertiary/aromatic N) is 2. The first-order valence-corrected chi connectivity index (χ1v) is 20.6. The van der Waals surface area contributed by atoms with Crippen LogP contribution in [0.2, 0.25) is 0 Å². The predicted octanol–water partition coefficient (Wildman–Crippen LogP) is 8.13. The number of aromatic hydroxyl groups is 2. The summed E-state index contributed by atoms with van der Waals surface area (Å²) in [5, 5.41) is 36.9. The molecule has 1 aliphatic carbocycles. The van der Waals surface area contributed by atoms with Crippen LogP contribution in [0.3, 0.4) is 0 Å². The summed E-state index contributed by atoms with van der Waals surface area (Å²) >= 11 is 0. The van der Waals surface area contributed by atoms with E-state index in [2.05, 4.69) is 24.1 Å². The third-order valence-electron chi connectivity index (χ3n) is 12.3. The number of benzene rings is 3. The standard InChI is InChI=1S/C46H55N3O10/c1-23-13-12-14-25(3)45(55)48-38-41(53)34-33(37-43(38)58-32-22-29(21-30(50)36(32)47-37)49-16-10-9-11-17-49)35-42(28(6)40(34)52)59-46(7,44(35)54)57-18-15-31(56-8)27(5)39(51)26(4)20-24(2)19-23/h12-15,18,21-24,26-27,31,39,50-52H,9-11,16-17,19-20H2,1-8H3,(H,48,55)/b13-12+,18-15+,25-14-/t23-,24+,26+,27+,31-,39-,46-/m0/s1. The Hall–Kier alpha value is -5.40. The van der Waals surface area contributed by atoms with Crippen molar-refractivity contribution in [2.75, 3.05) is 30.4 Å². The number of ketones is 1. The number of allylic oxidation sites excluding steroid dienone is 3. The number of phenols is 2. The predicted molar refractivity (Wildman–Crippen MR) is 226 cm³/mol. The fourth-order valence-corrected chi connectivity index (χ4v) is 8.98. The van der Waals surface area contributed by atoms with Crippen LogP contribution in [0.1, 0.15) is 89.6 Å². The summed E-state index contributed by atoms with van der Waals surface area (Å²) in [5.74, 6) is -4.04. The van der Waals surface area contributed by atoms with Gasteiger partial charge in [0.25, 0.3) is 11.7 Å². The Bertz CT molecular complexity index is 2430. The van der Waals surface area contributed by atoms with Crippen molar-refractivity contribution in [1.82, 2.24) is 4.98 Å². The number of methoxy groups -OCH3 is 1. The minimum Gasteiger partial charge on any atom is -0.507 e. The summed E-state index contributed by atoms with van der Waals surface area (Å²) in [4.78, 5) is 50.2. The third kappa shape index (κ3) is 7.66. The molecule has 59 heavy (non-hydrogen) atoms. The fourth-order valence-electron chi connectivity index (χ4n) is 8.98. The van der Waals surface area contributed by atoms with Crippen LogP contribution >= 0.6 is 0 Å². The van der Waals surface area contributed by atoms with Crippen molar-refractivity contribution >= 4 is 44.9 Å². The maximum atomic E-state index is 14.7. The minimum absolute atomic E-state index is 0.0275. The Balaban J connectivity index is 1.45. The van der Waals surface area contributed by atoms with Crippen LogP contribution in [0.5, 0.6) is 17.2 Å². The summed E-state index contributed by atoms with van der Waals surface area (Å²) in [5.41, 5.74) is 0.0367. The number of fused-ring (bicyclic) bond motifs is 2. The number of hydrogen-bond acceptors (Lipinski definition) is 12. The zero-order valence-electron chi connectivity index (χ0n) is 35.0. The molecule has 314 valence electrons. The molecule has 1 fully saturated rings. The Morgan fingerprint density at radius 2 is 1.71 bits per heavy atom. The molecular formula is C46H55N3O10. The van der Waals surface area contributed by atoms with Crippen LogP contribution in [-0.4, -0.2) is 70.2 Å². The van der Waals surface area contributed by atoms with E-state index in [4.69, 9.17) is 23.6 Å². The molecule has 0 saturated carbocycles. The number of phenolic OH excluding ortho intramolecular Hbond substituents is 2. The van der Waals surface area contributed by atoms with Gasteiger partial charge in [-0.2, -0.15) is 0 Å². The second-order valence-electron chi connectivity index (χ2n) is 17.0. The largest absolute Gasteiger partial charge is 0.507 e. The number of aliphatic hydroxyl groups excluding tert-OH is 1. The fraction of sp³-hybridized carbons (Fsp3) is 0.478. The smallest absolute Gasteiger partial charge is 0.312 e. The number of amides is 1. The molecule has 13 nitrogen and oxygen atoms in total. The molecule has 2 aromatic carbocycles. The summed E-state index contributed by atoms with van der Waals surface area (Å²) < 4.78 is 24.5. The van der Waals surface area contributed by atoms with Gasteiger partial charge in [-0.15, -0.1) is 0 Å². The lowest BCUT2D eigenvalue weighted by Gasteiger charge is -2.31. The molecule has 0 aromatic heterocycles. The SMILES string of the molecule is CO[C@H]1/C=C/O[C@@]2(C)Oc3c(C)c(O)c4c(=O)c(c5oc6cc(N7CCCCC7)cc(O)c6nc-5c4c3C2=O)NC(=O)/C(C)=C\C=C\[C@H](C)C[C@@H](C)C[C@@H](C)[C@H](O)[C@@H]1C. The number of aliphatic hydroxyl groups is 1. The zero-order valence-corrected chi connectivity index (χ0v) is 35.0. The summed E-state index contributed by atoms with van der Waals surface area (Å²) in [6, 6.07) is 3.34.